The molecule has 0 radical (unpaired) electrons. The van der Waals surface area contributed by atoms with Crippen molar-refractivity contribution < 1.29 is 14.3 Å². The highest BCUT2D eigenvalue weighted by molar-refractivity contribution is 9.10. The van der Waals surface area contributed by atoms with E-state index in [1.807, 2.05) is 6.07 Å². The minimum absolute atomic E-state index is 0.281. The molecule has 1 heterocycles. The third-order valence-corrected chi connectivity index (χ3v) is 4.15. The summed E-state index contributed by atoms with van der Waals surface area (Å²) in [5, 5.41) is 3.89. The Morgan fingerprint density at radius 1 is 1.00 bits per heavy atom. The van der Waals surface area contributed by atoms with E-state index in [0.717, 1.165) is 5.56 Å². The molecule has 3 rings (SSSR count). The van der Waals surface area contributed by atoms with E-state index in [1.54, 1.807) is 60.7 Å². The van der Waals surface area contributed by atoms with E-state index in [1.165, 1.54) is 12.4 Å². The lowest BCUT2D eigenvalue weighted by Crippen LogP contribution is -2.18. The molecule has 1 aromatic heterocycles. The molecule has 6 nitrogen and oxygen atoms in total. The first-order valence-corrected chi connectivity index (χ1v) is 8.74. The second-order valence-corrected chi connectivity index (χ2v) is 6.21. The van der Waals surface area contributed by atoms with Gasteiger partial charge in [-0.15, -0.1) is 0 Å². The number of rotatable bonds is 5. The predicted octanol–water partition coefficient (Wildman–Crippen LogP) is 3.83. The Hall–Kier alpha value is -3.32. The number of nitrogens with one attached hydrogen (secondary N) is 1. The molecule has 1 N–H and O–H groups in total. The Bertz CT molecular complexity index is 973. The fourth-order valence-electron chi connectivity index (χ4n) is 2.13. The van der Waals surface area contributed by atoms with Gasteiger partial charge in [-0.1, -0.05) is 18.2 Å². The van der Waals surface area contributed by atoms with Crippen molar-refractivity contribution in [3.8, 4) is 5.75 Å². The van der Waals surface area contributed by atoms with Crippen LogP contribution in [0.3, 0.4) is 0 Å². The van der Waals surface area contributed by atoms with Crippen LogP contribution < -0.4 is 10.2 Å². The molecule has 0 aliphatic heterocycles. The zero-order valence-corrected chi connectivity index (χ0v) is 15.6. The van der Waals surface area contributed by atoms with Crippen LogP contribution in [0.25, 0.3) is 0 Å². The normalized spacial score (nSPS) is 10.6. The molecule has 0 atom stereocenters. The largest absolute Gasteiger partial charge is 0.423 e. The highest BCUT2D eigenvalue weighted by Gasteiger charge is 2.11. The molecule has 134 valence electrons. The Morgan fingerprint density at radius 2 is 1.74 bits per heavy atom. The molecule has 1 amide bonds. The van der Waals surface area contributed by atoms with E-state index in [4.69, 9.17) is 4.74 Å². The highest BCUT2D eigenvalue weighted by atomic mass is 79.9. The number of hydrazone groups is 1. The lowest BCUT2D eigenvalue weighted by atomic mass is 10.2. The summed E-state index contributed by atoms with van der Waals surface area (Å²) in [6.07, 6.45) is 3.02. The summed E-state index contributed by atoms with van der Waals surface area (Å²) in [7, 11) is 0. The topological polar surface area (TPSA) is 80.6 Å². The van der Waals surface area contributed by atoms with Gasteiger partial charge in [0.25, 0.3) is 5.91 Å². The quantitative estimate of drug-likeness (QED) is 0.292. The number of esters is 1. The molecule has 27 heavy (non-hydrogen) atoms. The maximum absolute atomic E-state index is 12.2. The van der Waals surface area contributed by atoms with Gasteiger partial charge in [-0.2, -0.15) is 5.10 Å². The number of carbonyl (C=O) groups excluding carboxylic acids is 2. The van der Waals surface area contributed by atoms with E-state index in [-0.39, 0.29) is 5.69 Å². The Kier molecular flexibility index (Phi) is 6.06. The molecule has 0 fully saturated rings. The first-order valence-electron chi connectivity index (χ1n) is 7.95. The molecule has 0 aliphatic carbocycles. The number of hydrogen-bond donors (Lipinski definition) is 1. The molecule has 0 aliphatic rings. The van der Waals surface area contributed by atoms with Gasteiger partial charge in [0.2, 0.25) is 0 Å². The summed E-state index contributed by atoms with van der Waals surface area (Å²) in [6.45, 7) is 0. The Balaban J connectivity index is 1.58. The third kappa shape index (κ3) is 5.08. The van der Waals surface area contributed by atoms with Crippen LogP contribution in [0.2, 0.25) is 0 Å². The smallest absolute Gasteiger partial charge is 0.344 e. The van der Waals surface area contributed by atoms with Crippen molar-refractivity contribution in [1.29, 1.82) is 0 Å². The summed E-state index contributed by atoms with van der Waals surface area (Å²) >= 11 is 3.32. The van der Waals surface area contributed by atoms with Crippen LogP contribution in [0.4, 0.5) is 0 Å². The van der Waals surface area contributed by atoms with Crippen LogP contribution in [-0.2, 0) is 0 Å². The van der Waals surface area contributed by atoms with Crippen LogP contribution in [-0.4, -0.2) is 23.1 Å². The molecule has 0 unspecified atom stereocenters. The summed E-state index contributed by atoms with van der Waals surface area (Å²) < 4.78 is 6.01. The first-order chi connectivity index (χ1) is 13.1. The number of pyridine rings is 1. The molecule has 3 aromatic rings. The minimum Gasteiger partial charge on any atom is -0.423 e. The number of ether oxygens (including phenoxy) is 1. The maximum Gasteiger partial charge on any atom is 0.344 e. The van der Waals surface area contributed by atoms with Gasteiger partial charge in [0.15, 0.2) is 0 Å². The van der Waals surface area contributed by atoms with E-state index >= 15 is 0 Å². The van der Waals surface area contributed by atoms with Gasteiger partial charge in [0.05, 0.1) is 11.8 Å². The van der Waals surface area contributed by atoms with Gasteiger partial charge in [0.1, 0.15) is 11.4 Å². The molecular weight excluding hydrogens is 410 g/mol. The minimum atomic E-state index is -0.452. The van der Waals surface area contributed by atoms with Crippen molar-refractivity contribution in [2.45, 2.75) is 0 Å². The van der Waals surface area contributed by atoms with E-state index in [2.05, 4.69) is 31.4 Å². The number of halogens is 1. The predicted molar refractivity (Wildman–Crippen MR) is 105 cm³/mol. The van der Waals surface area contributed by atoms with Crippen molar-refractivity contribution in [3.05, 3.63) is 94.2 Å². The Labute approximate surface area is 164 Å². The molecule has 0 spiro atoms. The summed E-state index contributed by atoms with van der Waals surface area (Å²) in [4.78, 5) is 27.9. The highest BCUT2D eigenvalue weighted by Crippen LogP contribution is 2.19. The molecule has 0 saturated heterocycles. The molecular formula is C20H14BrN3O3. The van der Waals surface area contributed by atoms with Crippen molar-refractivity contribution in [3.63, 3.8) is 0 Å². The first kappa shape index (κ1) is 18.5. The van der Waals surface area contributed by atoms with Gasteiger partial charge in [-0.3, -0.25) is 9.78 Å². The average molecular weight is 424 g/mol. The zero-order valence-electron chi connectivity index (χ0n) is 14.0. The average Bonchev–Trinajstić information content (AvgIpc) is 2.70. The van der Waals surface area contributed by atoms with Crippen molar-refractivity contribution >= 4 is 34.0 Å². The standard InChI is InChI=1S/C20H14BrN3O3/c21-17-6-2-1-5-16(17)20(26)27-15-10-8-14(9-11-15)13-23-24-19(25)18-7-3-4-12-22-18/h1-13H,(H,24,25)/b23-13+. The van der Waals surface area contributed by atoms with Crippen LogP contribution in [0.1, 0.15) is 26.4 Å². The van der Waals surface area contributed by atoms with Gasteiger partial charge in [-0.25, -0.2) is 10.2 Å². The van der Waals surface area contributed by atoms with Crippen LogP contribution in [0.15, 0.2) is 82.5 Å². The van der Waals surface area contributed by atoms with E-state index in [0.29, 0.717) is 15.8 Å². The van der Waals surface area contributed by atoms with E-state index < -0.39 is 11.9 Å². The monoisotopic (exact) mass is 423 g/mol. The second kappa shape index (κ2) is 8.86. The molecule has 7 heteroatoms. The fourth-order valence-corrected chi connectivity index (χ4v) is 2.58. The van der Waals surface area contributed by atoms with Crippen LogP contribution in [0, 0.1) is 0 Å². The molecule has 0 bridgehead atoms. The van der Waals surface area contributed by atoms with Gasteiger partial charge >= 0.3 is 5.97 Å². The maximum atomic E-state index is 12.2. The number of hydrogen-bond acceptors (Lipinski definition) is 5. The number of amides is 1. The lowest BCUT2D eigenvalue weighted by molar-refractivity contribution is 0.0733. The zero-order chi connectivity index (χ0) is 19.1. The number of aromatic nitrogens is 1. The third-order valence-electron chi connectivity index (χ3n) is 3.46. The summed E-state index contributed by atoms with van der Waals surface area (Å²) in [5.74, 6) is -0.442. The van der Waals surface area contributed by atoms with Crippen LogP contribution >= 0.6 is 15.9 Å². The SMILES string of the molecule is O=C(N/N=C/c1ccc(OC(=O)c2ccccc2Br)cc1)c1ccccn1. The van der Waals surface area contributed by atoms with Gasteiger partial charge in [-0.05, 0) is 70.0 Å². The second-order valence-electron chi connectivity index (χ2n) is 5.35. The number of benzene rings is 2. The van der Waals surface area contributed by atoms with E-state index in [9.17, 15) is 9.59 Å². The van der Waals surface area contributed by atoms with Gasteiger partial charge in [0, 0.05) is 10.7 Å². The van der Waals surface area contributed by atoms with Crippen molar-refractivity contribution in [2.24, 2.45) is 5.10 Å². The number of carbonyl (C=O) groups is 2. The molecule has 0 saturated carbocycles. The van der Waals surface area contributed by atoms with Gasteiger partial charge < -0.3 is 4.74 Å². The summed E-state index contributed by atoms with van der Waals surface area (Å²) in [6, 6.07) is 18.8. The van der Waals surface area contributed by atoms with Crippen molar-refractivity contribution in [2.75, 3.05) is 0 Å². The van der Waals surface area contributed by atoms with Crippen molar-refractivity contribution in [1.82, 2.24) is 10.4 Å². The fraction of sp³-hybridized carbons (Fsp3) is 0. The molecule has 2 aromatic carbocycles. The summed E-state index contributed by atoms with van der Waals surface area (Å²) in [5.41, 5.74) is 3.86. The number of nitrogens with zero attached hydrogens (tertiary/aromatic N) is 2. The lowest BCUT2D eigenvalue weighted by Gasteiger charge is -2.06. The van der Waals surface area contributed by atoms with Crippen LogP contribution in [0.5, 0.6) is 5.75 Å². The Morgan fingerprint density at radius 3 is 2.44 bits per heavy atom.